The second-order valence-corrected chi connectivity index (χ2v) is 15.5. The minimum Gasteiger partial charge on any atom is -0.463 e. The molecule has 5 rings (SSSR count). The first kappa shape index (κ1) is 39.8. The summed E-state index contributed by atoms with van der Waals surface area (Å²) in [5, 5.41) is 21.5. The highest BCUT2D eigenvalue weighted by Gasteiger charge is 2.59. The molecule has 0 amide bonds. The maximum absolute atomic E-state index is 13.5. The molecule has 0 unspecified atom stereocenters. The zero-order valence-corrected chi connectivity index (χ0v) is 31.4. The fraction of sp³-hybridized carbons (Fsp3) is 0.571. The molecule has 0 spiro atoms. The Morgan fingerprint density at radius 1 is 0.692 bits per heavy atom. The summed E-state index contributed by atoms with van der Waals surface area (Å²) in [5.74, 6) is -1.27. The zero-order valence-electron chi connectivity index (χ0n) is 31.4. The van der Waals surface area contributed by atoms with Crippen LogP contribution in [0.25, 0.3) is 12.2 Å². The maximum Gasteiger partial charge on any atom is 0.312 e. The van der Waals surface area contributed by atoms with Crippen molar-refractivity contribution in [3.8, 4) is 0 Å². The predicted octanol–water partition coefficient (Wildman–Crippen LogP) is 3.90. The first-order chi connectivity index (χ1) is 25.0. The van der Waals surface area contributed by atoms with Crippen LogP contribution in [-0.2, 0) is 19.1 Å². The molecule has 284 valence electrons. The highest BCUT2D eigenvalue weighted by Crippen LogP contribution is 2.57. The molecule has 0 bridgehead atoms. The topological polar surface area (TPSA) is 106 Å². The standard InChI is InChI=1S/C42H60N4O6/c1-41(2)38(39(49)51-32-36(47)30-45-26-22-43(23-27-45)20-10-16-34-12-6-4-7-13-34)18-19-42(41,3)40(50)52-33-37(48)31-46-28-24-44(25-29-46)21-11-17-35-14-8-5-9-15-35/h4-17,36-38,47-48H,18-33H2,1-3H3/b16-10-,17-11-/t36-,37-,38-,42-/m1/s1. The van der Waals surface area contributed by atoms with E-state index < -0.39 is 34.9 Å². The molecule has 52 heavy (non-hydrogen) atoms. The largest absolute Gasteiger partial charge is 0.463 e. The minimum atomic E-state index is -0.899. The van der Waals surface area contributed by atoms with Crippen molar-refractivity contribution in [2.75, 3.05) is 91.8 Å². The molecule has 0 aromatic heterocycles. The molecule has 2 N–H and O–H groups in total. The van der Waals surface area contributed by atoms with Gasteiger partial charge in [0.15, 0.2) is 0 Å². The van der Waals surface area contributed by atoms with Gasteiger partial charge in [-0.05, 0) is 36.3 Å². The highest BCUT2D eigenvalue weighted by atomic mass is 16.5. The summed E-state index contributed by atoms with van der Waals surface area (Å²) in [6.45, 7) is 15.3. The van der Waals surface area contributed by atoms with Crippen molar-refractivity contribution >= 4 is 24.1 Å². The lowest BCUT2D eigenvalue weighted by Crippen LogP contribution is -2.49. The summed E-state index contributed by atoms with van der Waals surface area (Å²) in [6, 6.07) is 20.5. The van der Waals surface area contributed by atoms with Crippen LogP contribution in [0.2, 0.25) is 0 Å². The van der Waals surface area contributed by atoms with Crippen molar-refractivity contribution in [3.05, 3.63) is 83.9 Å². The van der Waals surface area contributed by atoms with Crippen LogP contribution < -0.4 is 0 Å². The number of piperazine rings is 2. The Bertz CT molecular complexity index is 1450. The Morgan fingerprint density at radius 3 is 1.58 bits per heavy atom. The molecule has 4 atom stereocenters. The van der Waals surface area contributed by atoms with E-state index in [4.69, 9.17) is 9.47 Å². The molecule has 2 heterocycles. The van der Waals surface area contributed by atoms with Gasteiger partial charge in [-0.15, -0.1) is 0 Å². The molecule has 0 radical (unpaired) electrons. The van der Waals surface area contributed by atoms with E-state index in [-0.39, 0.29) is 19.2 Å². The molecule has 2 aromatic rings. The van der Waals surface area contributed by atoms with Gasteiger partial charge in [0.25, 0.3) is 0 Å². The average molecular weight is 717 g/mol. The molecule has 1 saturated carbocycles. The van der Waals surface area contributed by atoms with Crippen LogP contribution in [0.4, 0.5) is 0 Å². The summed E-state index contributed by atoms with van der Waals surface area (Å²) < 4.78 is 11.4. The predicted molar refractivity (Wildman–Crippen MR) is 205 cm³/mol. The number of hydrogen-bond donors (Lipinski definition) is 2. The van der Waals surface area contributed by atoms with Crippen molar-refractivity contribution in [1.29, 1.82) is 0 Å². The lowest BCUT2D eigenvalue weighted by molar-refractivity contribution is -0.168. The number of ether oxygens (including phenoxy) is 2. The summed E-state index contributed by atoms with van der Waals surface area (Å²) in [6.07, 6.45) is 8.08. The first-order valence-electron chi connectivity index (χ1n) is 19.1. The van der Waals surface area contributed by atoms with Gasteiger partial charge in [0, 0.05) is 78.5 Å². The van der Waals surface area contributed by atoms with Crippen LogP contribution in [0.15, 0.2) is 72.8 Å². The van der Waals surface area contributed by atoms with Crippen molar-refractivity contribution in [3.63, 3.8) is 0 Å². The summed E-state index contributed by atoms with van der Waals surface area (Å²) in [4.78, 5) is 36.0. The Labute approximate surface area is 310 Å². The summed E-state index contributed by atoms with van der Waals surface area (Å²) in [5.41, 5.74) is 0.774. The molecule has 2 saturated heterocycles. The number of hydrogen-bond acceptors (Lipinski definition) is 10. The van der Waals surface area contributed by atoms with Gasteiger partial charge in [0.2, 0.25) is 0 Å². The van der Waals surface area contributed by atoms with E-state index in [1.165, 1.54) is 11.1 Å². The number of β-amino-alcohol motifs (C(OH)–C–C–N with tert-alkyl or cyclic N) is 2. The third kappa shape index (κ3) is 11.1. The number of rotatable bonds is 16. The van der Waals surface area contributed by atoms with Gasteiger partial charge in [-0.1, -0.05) is 98.8 Å². The van der Waals surface area contributed by atoms with Gasteiger partial charge >= 0.3 is 11.9 Å². The lowest BCUT2D eigenvalue weighted by Gasteiger charge is -2.39. The van der Waals surface area contributed by atoms with Crippen LogP contribution >= 0.6 is 0 Å². The number of carbonyl (C=O) groups excluding carboxylic acids is 2. The number of nitrogens with zero attached hydrogens (tertiary/aromatic N) is 4. The fourth-order valence-electron chi connectivity index (χ4n) is 7.70. The lowest BCUT2D eigenvalue weighted by atomic mass is 9.65. The van der Waals surface area contributed by atoms with Gasteiger partial charge in [-0.25, -0.2) is 0 Å². The molecule has 2 aromatic carbocycles. The van der Waals surface area contributed by atoms with E-state index in [1.54, 1.807) is 0 Å². The maximum atomic E-state index is 13.5. The zero-order chi connectivity index (χ0) is 37.0. The van der Waals surface area contributed by atoms with Crippen molar-refractivity contribution < 1.29 is 29.3 Å². The molecular weight excluding hydrogens is 656 g/mol. The van der Waals surface area contributed by atoms with Gasteiger partial charge in [0.1, 0.15) is 25.4 Å². The van der Waals surface area contributed by atoms with E-state index in [9.17, 15) is 19.8 Å². The van der Waals surface area contributed by atoms with Crippen LogP contribution in [0.5, 0.6) is 0 Å². The van der Waals surface area contributed by atoms with Crippen LogP contribution in [-0.4, -0.2) is 146 Å². The third-order valence-electron chi connectivity index (χ3n) is 11.6. The Morgan fingerprint density at radius 2 is 1.12 bits per heavy atom. The quantitative estimate of drug-likeness (QED) is 0.249. The summed E-state index contributed by atoms with van der Waals surface area (Å²) >= 11 is 0. The van der Waals surface area contributed by atoms with E-state index in [2.05, 4.69) is 68.2 Å². The number of aliphatic hydroxyl groups is 2. The summed E-state index contributed by atoms with van der Waals surface area (Å²) in [7, 11) is 0. The van der Waals surface area contributed by atoms with Crippen molar-refractivity contribution in [1.82, 2.24) is 19.6 Å². The van der Waals surface area contributed by atoms with E-state index in [0.29, 0.717) is 25.9 Å². The van der Waals surface area contributed by atoms with Crippen molar-refractivity contribution in [2.24, 2.45) is 16.7 Å². The van der Waals surface area contributed by atoms with Gasteiger partial charge in [-0.3, -0.25) is 29.2 Å². The smallest absolute Gasteiger partial charge is 0.312 e. The molecule has 3 fully saturated rings. The first-order valence-corrected chi connectivity index (χ1v) is 19.1. The van der Waals surface area contributed by atoms with Gasteiger partial charge in [0.05, 0.1) is 11.3 Å². The number of carbonyl (C=O) groups is 2. The van der Waals surface area contributed by atoms with Crippen LogP contribution in [0, 0.1) is 16.7 Å². The van der Waals surface area contributed by atoms with Gasteiger partial charge in [-0.2, -0.15) is 0 Å². The number of benzene rings is 2. The molecule has 10 nitrogen and oxygen atoms in total. The monoisotopic (exact) mass is 716 g/mol. The van der Waals surface area contributed by atoms with Crippen LogP contribution in [0.3, 0.4) is 0 Å². The Balaban J connectivity index is 0.966. The Hall–Kier alpha value is -3.38. The van der Waals surface area contributed by atoms with Gasteiger partial charge < -0.3 is 19.7 Å². The SMILES string of the molecule is CC1(C)[C@@H](C(=O)OC[C@H](O)CN2CCN(C/C=C\c3ccccc3)CC2)CC[C@]1(C)C(=O)OC[C@H](O)CN1CCN(C/C=C\c2ccccc2)CC1. The molecule has 2 aliphatic heterocycles. The molecular formula is C42H60N4O6. The van der Waals surface area contributed by atoms with E-state index >= 15 is 0 Å². The molecule has 3 aliphatic rings. The van der Waals surface area contributed by atoms with Crippen molar-refractivity contribution in [2.45, 2.75) is 45.8 Å². The average Bonchev–Trinajstić information content (AvgIpc) is 3.40. The molecule has 1 aliphatic carbocycles. The molecule has 10 heteroatoms. The van der Waals surface area contributed by atoms with E-state index in [1.807, 2.05) is 57.2 Å². The van der Waals surface area contributed by atoms with E-state index in [0.717, 1.165) is 65.4 Å². The third-order valence-corrected chi connectivity index (χ3v) is 11.6. The minimum absolute atomic E-state index is 0.0720. The second-order valence-electron chi connectivity index (χ2n) is 15.5. The Kier molecular flexibility index (Phi) is 14.6. The number of aliphatic hydroxyl groups excluding tert-OH is 2. The highest BCUT2D eigenvalue weighted by molar-refractivity contribution is 5.82. The normalized spacial score (nSPS) is 24.7. The second kappa shape index (κ2) is 19.1. The number of esters is 2. The van der Waals surface area contributed by atoms with Crippen LogP contribution in [0.1, 0.15) is 44.7 Å². The fourth-order valence-corrected chi connectivity index (χ4v) is 7.70.